The Kier molecular flexibility index (Phi) is 4.97. The van der Waals surface area contributed by atoms with Crippen LogP contribution >= 0.6 is 11.3 Å². The predicted octanol–water partition coefficient (Wildman–Crippen LogP) is 4.75. The Morgan fingerprint density at radius 3 is 2.17 bits per heavy atom. The van der Waals surface area contributed by atoms with E-state index >= 15 is 0 Å². The van der Waals surface area contributed by atoms with Crippen molar-refractivity contribution in [2.24, 2.45) is 5.73 Å². The van der Waals surface area contributed by atoms with Crippen LogP contribution in [0.15, 0.2) is 66.7 Å². The van der Waals surface area contributed by atoms with E-state index in [0.717, 1.165) is 20.9 Å². The maximum absolute atomic E-state index is 12.5. The maximum atomic E-state index is 12.5. The van der Waals surface area contributed by atoms with Crippen LogP contribution in [0, 0.1) is 6.92 Å². The summed E-state index contributed by atoms with van der Waals surface area (Å²) in [6, 6.07) is 19.0. The molecule has 0 saturated carbocycles. The van der Waals surface area contributed by atoms with Gasteiger partial charge in [0.15, 0.2) is 0 Å². The molecule has 29 heavy (non-hydrogen) atoms. The Morgan fingerprint density at radius 2 is 1.55 bits per heavy atom. The summed E-state index contributed by atoms with van der Waals surface area (Å²) in [5.74, 6) is 0.453. The lowest BCUT2D eigenvalue weighted by Crippen LogP contribution is -2.11. The van der Waals surface area contributed by atoms with Gasteiger partial charge in [0.05, 0.1) is 15.2 Å². The monoisotopic (exact) mass is 403 g/mol. The number of hydrogen-bond acceptors (Lipinski definition) is 5. The first-order chi connectivity index (χ1) is 14.0. The molecule has 1 aromatic heterocycles. The van der Waals surface area contributed by atoms with Crippen molar-refractivity contribution in [2.75, 3.05) is 5.32 Å². The summed E-state index contributed by atoms with van der Waals surface area (Å²) in [7, 11) is 0. The summed E-state index contributed by atoms with van der Waals surface area (Å²) in [5.41, 5.74) is 7.80. The van der Waals surface area contributed by atoms with Gasteiger partial charge < -0.3 is 15.8 Å². The first-order valence-corrected chi connectivity index (χ1v) is 9.66. The van der Waals surface area contributed by atoms with E-state index in [0.29, 0.717) is 22.6 Å². The zero-order chi connectivity index (χ0) is 20.4. The fraction of sp³-hybridized carbons (Fsp3) is 0.0455. The van der Waals surface area contributed by atoms with Crippen molar-refractivity contribution < 1.29 is 14.3 Å². The number of carbonyl (C=O) groups is 2. The van der Waals surface area contributed by atoms with Crippen molar-refractivity contribution in [3.05, 3.63) is 82.9 Å². The van der Waals surface area contributed by atoms with Gasteiger partial charge in [0, 0.05) is 16.8 Å². The van der Waals surface area contributed by atoms with Crippen molar-refractivity contribution >= 4 is 39.1 Å². The highest BCUT2D eigenvalue weighted by molar-refractivity contribution is 7.18. The topological polar surface area (TPSA) is 94.3 Å². The lowest BCUT2D eigenvalue weighted by atomic mass is 10.2. The number of carbonyl (C=O) groups excluding carboxylic acids is 2. The van der Waals surface area contributed by atoms with Crippen LogP contribution in [0.1, 0.15) is 25.7 Å². The number of nitrogens with two attached hydrogens (primary N) is 1. The van der Waals surface area contributed by atoms with Gasteiger partial charge in [-0.3, -0.25) is 9.59 Å². The zero-order valence-corrected chi connectivity index (χ0v) is 16.3. The number of amides is 2. The van der Waals surface area contributed by atoms with Gasteiger partial charge in [0.25, 0.3) is 5.91 Å². The molecule has 7 heteroatoms. The molecule has 0 aliphatic rings. The predicted molar refractivity (Wildman–Crippen MR) is 114 cm³/mol. The summed E-state index contributed by atoms with van der Waals surface area (Å²) in [6.07, 6.45) is 0. The van der Waals surface area contributed by atoms with E-state index in [1.165, 1.54) is 0 Å². The van der Waals surface area contributed by atoms with Gasteiger partial charge >= 0.3 is 0 Å². The van der Waals surface area contributed by atoms with Crippen LogP contribution in [0.2, 0.25) is 0 Å². The molecule has 0 atom stereocenters. The van der Waals surface area contributed by atoms with Crippen molar-refractivity contribution in [3.63, 3.8) is 0 Å². The summed E-state index contributed by atoms with van der Waals surface area (Å²) in [6.45, 7) is 1.96. The molecule has 0 bridgehead atoms. The SMILES string of the molecule is Cc1nc2ccc(NC(=O)c3ccc(Oc4ccc(C(N)=O)cc4)cc3)cc2s1. The third-order valence-electron chi connectivity index (χ3n) is 4.24. The zero-order valence-electron chi connectivity index (χ0n) is 15.5. The second-order valence-electron chi connectivity index (χ2n) is 6.38. The molecule has 144 valence electrons. The van der Waals surface area contributed by atoms with Crippen molar-refractivity contribution in [1.82, 2.24) is 4.98 Å². The molecule has 4 rings (SSSR count). The molecule has 4 aromatic rings. The molecule has 3 N–H and O–H groups in total. The summed E-state index contributed by atoms with van der Waals surface area (Å²) in [4.78, 5) is 28.0. The van der Waals surface area contributed by atoms with Crippen LogP contribution in [0.4, 0.5) is 5.69 Å². The molecule has 0 unspecified atom stereocenters. The van der Waals surface area contributed by atoms with Crippen LogP contribution < -0.4 is 15.8 Å². The average Bonchev–Trinajstić information content (AvgIpc) is 3.08. The minimum Gasteiger partial charge on any atom is -0.457 e. The van der Waals surface area contributed by atoms with E-state index in [-0.39, 0.29) is 5.91 Å². The van der Waals surface area contributed by atoms with E-state index in [9.17, 15) is 9.59 Å². The highest BCUT2D eigenvalue weighted by Gasteiger charge is 2.09. The molecule has 0 aliphatic heterocycles. The van der Waals surface area contributed by atoms with Gasteiger partial charge in [-0.1, -0.05) is 0 Å². The third kappa shape index (κ3) is 4.25. The van der Waals surface area contributed by atoms with Crippen molar-refractivity contribution in [2.45, 2.75) is 6.92 Å². The normalized spacial score (nSPS) is 10.7. The molecule has 0 fully saturated rings. The van der Waals surface area contributed by atoms with E-state index < -0.39 is 5.91 Å². The van der Waals surface area contributed by atoms with Crippen LogP contribution in [0.3, 0.4) is 0 Å². The molecular weight excluding hydrogens is 386 g/mol. The Labute approximate surface area is 171 Å². The Hall–Kier alpha value is -3.71. The number of benzene rings is 3. The standard InChI is InChI=1S/C22H17N3O3S/c1-13-24-19-11-6-16(12-20(19)29-13)25-22(27)15-4-9-18(10-5-15)28-17-7-2-14(3-8-17)21(23)26/h2-12H,1H3,(H2,23,26)(H,25,27). The summed E-state index contributed by atoms with van der Waals surface area (Å²) >= 11 is 1.59. The number of primary amides is 1. The van der Waals surface area contributed by atoms with Crippen LogP contribution in [0.5, 0.6) is 11.5 Å². The molecule has 2 amide bonds. The van der Waals surface area contributed by atoms with Crippen molar-refractivity contribution in [3.8, 4) is 11.5 Å². The molecule has 0 spiro atoms. The Morgan fingerprint density at radius 1 is 0.931 bits per heavy atom. The van der Waals surface area contributed by atoms with Gasteiger partial charge in [-0.2, -0.15) is 0 Å². The van der Waals surface area contributed by atoms with E-state index in [4.69, 9.17) is 10.5 Å². The minimum absolute atomic E-state index is 0.206. The first-order valence-electron chi connectivity index (χ1n) is 8.84. The Bertz CT molecular complexity index is 1200. The van der Waals surface area contributed by atoms with Crippen LogP contribution in [-0.2, 0) is 0 Å². The molecule has 1 heterocycles. The fourth-order valence-electron chi connectivity index (χ4n) is 2.82. The molecule has 3 aromatic carbocycles. The summed E-state index contributed by atoms with van der Waals surface area (Å²) < 4.78 is 6.76. The van der Waals surface area contributed by atoms with Crippen molar-refractivity contribution in [1.29, 1.82) is 0 Å². The number of aryl methyl sites for hydroxylation is 1. The largest absolute Gasteiger partial charge is 0.457 e. The molecule has 0 aliphatic carbocycles. The van der Waals surface area contributed by atoms with E-state index in [1.807, 2.05) is 25.1 Å². The van der Waals surface area contributed by atoms with Gasteiger partial charge in [-0.15, -0.1) is 11.3 Å². The first kappa shape index (κ1) is 18.6. The lowest BCUT2D eigenvalue weighted by Gasteiger charge is -2.08. The molecule has 0 radical (unpaired) electrons. The van der Waals surface area contributed by atoms with Gasteiger partial charge in [0.2, 0.25) is 5.91 Å². The molecule has 6 nitrogen and oxygen atoms in total. The quantitative estimate of drug-likeness (QED) is 0.503. The highest BCUT2D eigenvalue weighted by atomic mass is 32.1. The second kappa shape index (κ2) is 7.73. The van der Waals surface area contributed by atoms with Gasteiger partial charge in [-0.25, -0.2) is 4.98 Å². The molecule has 0 saturated heterocycles. The van der Waals surface area contributed by atoms with Crippen LogP contribution in [-0.4, -0.2) is 16.8 Å². The fourth-order valence-corrected chi connectivity index (χ4v) is 3.68. The van der Waals surface area contributed by atoms with E-state index in [1.54, 1.807) is 59.9 Å². The van der Waals surface area contributed by atoms with Gasteiger partial charge in [0.1, 0.15) is 11.5 Å². The summed E-state index contributed by atoms with van der Waals surface area (Å²) in [5, 5.41) is 3.89. The highest BCUT2D eigenvalue weighted by Crippen LogP contribution is 2.26. The smallest absolute Gasteiger partial charge is 0.255 e. The number of nitrogens with one attached hydrogen (secondary N) is 1. The number of nitrogens with zero attached hydrogens (tertiary/aromatic N) is 1. The van der Waals surface area contributed by atoms with E-state index in [2.05, 4.69) is 10.3 Å². The lowest BCUT2D eigenvalue weighted by molar-refractivity contribution is 0.0997. The number of ether oxygens (including phenoxy) is 1. The van der Waals surface area contributed by atoms with Gasteiger partial charge in [-0.05, 0) is 73.7 Å². The minimum atomic E-state index is -0.489. The number of anilines is 1. The maximum Gasteiger partial charge on any atom is 0.255 e. The molecular formula is C22H17N3O3S. The number of rotatable bonds is 5. The number of aromatic nitrogens is 1. The third-order valence-corrected chi connectivity index (χ3v) is 5.18. The average molecular weight is 403 g/mol. The van der Waals surface area contributed by atoms with Crippen LogP contribution in [0.25, 0.3) is 10.2 Å². The Balaban J connectivity index is 1.43. The second-order valence-corrected chi connectivity index (χ2v) is 7.62. The number of thiazole rings is 1. The number of fused-ring (bicyclic) bond motifs is 1. The number of hydrogen-bond donors (Lipinski definition) is 2.